The molecule has 1 heterocycles. The van der Waals surface area contributed by atoms with Crippen molar-refractivity contribution in [3.8, 4) is 0 Å². The molecule has 45 heavy (non-hydrogen) atoms. The molecule has 0 radical (unpaired) electrons. The van der Waals surface area contributed by atoms with E-state index in [4.69, 9.17) is 34.0 Å². The SMILES string of the molecule is CCCCOC1[C@@H](OCCCC)C(COCC(C)C(C)CN=[N+]=[N-])O[C@@H](O/C(=N/c2ccccc2)C(F)(F)F)[C@H]1OCCCC. The second-order valence-corrected chi connectivity index (χ2v) is 11.4. The molecule has 0 spiro atoms. The first-order valence-corrected chi connectivity index (χ1v) is 16.1. The minimum absolute atomic E-state index is 0.0156. The fourth-order valence-electron chi connectivity index (χ4n) is 4.53. The van der Waals surface area contributed by atoms with Crippen LogP contribution in [0.3, 0.4) is 0 Å². The number of benzene rings is 1. The number of alkyl halides is 3. The van der Waals surface area contributed by atoms with E-state index in [1.807, 2.05) is 34.6 Å². The number of hydrogen-bond donors (Lipinski definition) is 0. The maximum Gasteiger partial charge on any atom is 0.468 e. The van der Waals surface area contributed by atoms with E-state index >= 15 is 0 Å². The molecule has 4 unspecified atom stereocenters. The van der Waals surface area contributed by atoms with E-state index in [9.17, 15) is 13.2 Å². The highest BCUT2D eigenvalue weighted by molar-refractivity contribution is 5.84. The molecule has 1 fully saturated rings. The molecule has 0 aliphatic carbocycles. The van der Waals surface area contributed by atoms with Gasteiger partial charge < -0.3 is 28.4 Å². The molecule has 7 atom stereocenters. The number of azide groups is 1. The second-order valence-electron chi connectivity index (χ2n) is 11.4. The predicted molar refractivity (Wildman–Crippen MR) is 166 cm³/mol. The van der Waals surface area contributed by atoms with Crippen molar-refractivity contribution in [3.05, 3.63) is 40.8 Å². The Bertz CT molecular complexity index is 1010. The average Bonchev–Trinajstić information content (AvgIpc) is 3.01. The average molecular weight is 645 g/mol. The Morgan fingerprint density at radius 1 is 0.889 bits per heavy atom. The monoisotopic (exact) mass is 644 g/mol. The molecule has 0 saturated carbocycles. The van der Waals surface area contributed by atoms with Crippen LogP contribution in [0.1, 0.15) is 73.1 Å². The molecule has 0 aromatic heterocycles. The third-order valence-electron chi connectivity index (χ3n) is 7.54. The van der Waals surface area contributed by atoms with Crippen LogP contribution in [-0.2, 0) is 28.4 Å². The Balaban J connectivity index is 2.45. The molecule has 10 nitrogen and oxygen atoms in total. The highest BCUT2D eigenvalue weighted by Gasteiger charge is 2.52. The molecular formula is C32H51F3N4O6. The van der Waals surface area contributed by atoms with Gasteiger partial charge in [-0.1, -0.05) is 77.2 Å². The lowest BCUT2D eigenvalue weighted by Gasteiger charge is -2.45. The molecular weight excluding hydrogens is 593 g/mol. The molecule has 1 aromatic carbocycles. The Morgan fingerprint density at radius 2 is 1.47 bits per heavy atom. The van der Waals surface area contributed by atoms with Gasteiger partial charge in [-0.3, -0.25) is 0 Å². The van der Waals surface area contributed by atoms with Crippen LogP contribution in [0.15, 0.2) is 40.4 Å². The zero-order valence-corrected chi connectivity index (χ0v) is 27.3. The van der Waals surface area contributed by atoms with Crippen molar-refractivity contribution in [3.63, 3.8) is 0 Å². The van der Waals surface area contributed by atoms with Crippen molar-refractivity contribution in [2.45, 2.75) is 110 Å². The fraction of sp³-hybridized carbons (Fsp3) is 0.781. The summed E-state index contributed by atoms with van der Waals surface area (Å²) >= 11 is 0. The van der Waals surface area contributed by atoms with E-state index in [1.54, 1.807) is 18.2 Å². The van der Waals surface area contributed by atoms with E-state index in [-0.39, 0.29) is 30.7 Å². The largest absolute Gasteiger partial charge is 0.468 e. The van der Waals surface area contributed by atoms with Gasteiger partial charge >= 0.3 is 6.18 Å². The molecule has 256 valence electrons. The fourth-order valence-corrected chi connectivity index (χ4v) is 4.53. The number of hydrogen-bond acceptors (Lipinski definition) is 8. The van der Waals surface area contributed by atoms with Gasteiger partial charge in [-0.2, -0.15) is 13.2 Å². The number of ether oxygens (including phenoxy) is 6. The molecule has 0 bridgehead atoms. The third kappa shape index (κ3) is 13.9. The Hall–Kier alpha value is -2.41. The first-order chi connectivity index (χ1) is 21.7. The lowest BCUT2D eigenvalue weighted by molar-refractivity contribution is -0.311. The molecule has 2 rings (SSSR count). The summed E-state index contributed by atoms with van der Waals surface area (Å²) in [6.45, 7) is 11.7. The number of aliphatic imine (C=N–C) groups is 1. The summed E-state index contributed by atoms with van der Waals surface area (Å²) in [5.74, 6) is -1.34. The summed E-state index contributed by atoms with van der Waals surface area (Å²) < 4.78 is 79.7. The lowest BCUT2D eigenvalue weighted by atomic mass is 9.96. The molecule has 1 aromatic rings. The van der Waals surface area contributed by atoms with Crippen molar-refractivity contribution >= 4 is 11.6 Å². The number of halogens is 3. The van der Waals surface area contributed by atoms with Gasteiger partial charge in [-0.05, 0) is 48.8 Å². The van der Waals surface area contributed by atoms with Crippen LogP contribution in [0.5, 0.6) is 0 Å². The highest BCUT2D eigenvalue weighted by atomic mass is 19.4. The lowest BCUT2D eigenvalue weighted by Crippen LogP contribution is -2.62. The first-order valence-electron chi connectivity index (χ1n) is 16.1. The van der Waals surface area contributed by atoms with E-state index in [0.29, 0.717) is 32.8 Å². The normalized spacial score (nSPS) is 23.7. The van der Waals surface area contributed by atoms with Gasteiger partial charge in [0.1, 0.15) is 24.4 Å². The highest BCUT2D eigenvalue weighted by Crippen LogP contribution is 2.33. The van der Waals surface area contributed by atoms with E-state index in [1.165, 1.54) is 12.1 Å². The minimum Gasteiger partial charge on any atom is -0.441 e. The second kappa shape index (κ2) is 21.4. The van der Waals surface area contributed by atoms with Crippen molar-refractivity contribution < 1.29 is 41.6 Å². The van der Waals surface area contributed by atoms with E-state index < -0.39 is 42.8 Å². The van der Waals surface area contributed by atoms with Crippen LogP contribution in [0, 0.1) is 11.8 Å². The number of nitrogens with zero attached hydrogens (tertiary/aromatic N) is 4. The van der Waals surface area contributed by atoms with Crippen LogP contribution >= 0.6 is 0 Å². The molecule has 1 aliphatic heterocycles. The molecule has 13 heteroatoms. The van der Waals surface area contributed by atoms with Gasteiger partial charge in [0.2, 0.25) is 6.29 Å². The molecule has 1 saturated heterocycles. The van der Waals surface area contributed by atoms with E-state index in [2.05, 4.69) is 15.0 Å². The summed E-state index contributed by atoms with van der Waals surface area (Å²) in [7, 11) is 0. The summed E-state index contributed by atoms with van der Waals surface area (Å²) in [4.78, 5) is 6.61. The summed E-state index contributed by atoms with van der Waals surface area (Å²) in [5, 5.41) is 3.65. The van der Waals surface area contributed by atoms with E-state index in [0.717, 1.165) is 32.1 Å². The Morgan fingerprint density at radius 3 is 2.02 bits per heavy atom. The maximum atomic E-state index is 14.3. The van der Waals surface area contributed by atoms with Gasteiger partial charge in [0.05, 0.1) is 12.3 Å². The molecule has 1 aliphatic rings. The van der Waals surface area contributed by atoms with Gasteiger partial charge in [0, 0.05) is 37.9 Å². The molecule has 0 amide bonds. The Labute approximate surface area is 265 Å². The summed E-state index contributed by atoms with van der Waals surface area (Å²) in [6, 6.07) is 7.80. The van der Waals surface area contributed by atoms with Crippen LogP contribution in [-0.4, -0.2) is 82.4 Å². The van der Waals surface area contributed by atoms with Crippen molar-refractivity contribution in [2.24, 2.45) is 21.9 Å². The number of para-hydroxylation sites is 1. The summed E-state index contributed by atoms with van der Waals surface area (Å²) in [6.07, 6.45) is -4.92. The van der Waals surface area contributed by atoms with Gasteiger partial charge in [-0.15, -0.1) is 0 Å². The zero-order valence-electron chi connectivity index (χ0n) is 27.3. The van der Waals surface area contributed by atoms with Gasteiger partial charge in [-0.25, -0.2) is 4.99 Å². The quantitative estimate of drug-likeness (QED) is 0.0333. The van der Waals surface area contributed by atoms with Crippen molar-refractivity contribution in [1.82, 2.24) is 0 Å². The number of rotatable bonds is 21. The van der Waals surface area contributed by atoms with Gasteiger partial charge in [0.15, 0.2) is 0 Å². The Kier molecular flexibility index (Phi) is 18.4. The van der Waals surface area contributed by atoms with Gasteiger partial charge in [0.25, 0.3) is 5.90 Å². The van der Waals surface area contributed by atoms with Crippen LogP contribution in [0.25, 0.3) is 10.4 Å². The van der Waals surface area contributed by atoms with Crippen LogP contribution < -0.4 is 0 Å². The topological polar surface area (TPSA) is 117 Å². The molecule has 0 N–H and O–H groups in total. The van der Waals surface area contributed by atoms with Crippen LogP contribution in [0.4, 0.5) is 18.9 Å². The van der Waals surface area contributed by atoms with Crippen LogP contribution in [0.2, 0.25) is 0 Å². The predicted octanol–water partition coefficient (Wildman–Crippen LogP) is 8.18. The smallest absolute Gasteiger partial charge is 0.441 e. The third-order valence-corrected chi connectivity index (χ3v) is 7.54. The maximum absolute atomic E-state index is 14.3. The van der Waals surface area contributed by atoms with Crippen molar-refractivity contribution in [2.75, 3.05) is 39.6 Å². The minimum atomic E-state index is -4.90. The first kappa shape index (κ1) is 38.8. The summed E-state index contributed by atoms with van der Waals surface area (Å²) in [5.41, 5.74) is 8.74. The number of unbranched alkanes of at least 4 members (excludes halogenated alkanes) is 3. The zero-order chi connectivity index (χ0) is 33.1. The standard InChI is InChI=1S/C32H51F3N4O6/c1-6-9-17-41-27-26(22-40-21-24(5)23(4)20-37-39-36)44-30(29(43-19-11-8-3)28(27)42-18-10-7-2)45-31(32(33,34)35)38-25-15-13-12-14-16-25/h12-16,23-24,26-30H,6-11,17-22H2,1-5H3/b38-31+/t23?,24?,26?,27-,28?,29-,30-/m0/s1. The van der Waals surface area contributed by atoms with Crippen molar-refractivity contribution in [1.29, 1.82) is 0 Å².